The van der Waals surface area contributed by atoms with Crippen LogP contribution in [0.15, 0.2) is 48.5 Å². The topological polar surface area (TPSA) is 41.6 Å². The van der Waals surface area contributed by atoms with Crippen LogP contribution in [0, 0.1) is 5.82 Å². The Labute approximate surface area is 164 Å². The van der Waals surface area contributed by atoms with E-state index in [2.05, 4.69) is 16.3 Å². The highest BCUT2D eigenvalue weighted by molar-refractivity contribution is 7.98. The van der Waals surface area contributed by atoms with Crippen molar-refractivity contribution in [2.75, 3.05) is 38.6 Å². The van der Waals surface area contributed by atoms with Crippen molar-refractivity contribution in [2.24, 2.45) is 0 Å². The molecule has 1 fully saturated rings. The smallest absolute Gasteiger partial charge is 0.251 e. The largest absolute Gasteiger partial charge is 0.379 e. The Balaban J connectivity index is 1.41. The Kier molecular flexibility index (Phi) is 7.68. The lowest BCUT2D eigenvalue weighted by Gasteiger charge is -2.26. The van der Waals surface area contributed by atoms with Gasteiger partial charge in [-0.05, 0) is 29.3 Å². The third-order valence-electron chi connectivity index (χ3n) is 4.45. The molecule has 0 aliphatic carbocycles. The number of ether oxygens (including phenoxy) is 1. The lowest BCUT2D eigenvalue weighted by Crippen LogP contribution is -2.35. The van der Waals surface area contributed by atoms with E-state index in [9.17, 15) is 9.18 Å². The molecule has 0 unspecified atom stereocenters. The minimum absolute atomic E-state index is 0.0645. The van der Waals surface area contributed by atoms with Crippen molar-refractivity contribution < 1.29 is 13.9 Å². The third kappa shape index (κ3) is 6.34. The van der Waals surface area contributed by atoms with Crippen LogP contribution in [0.1, 0.15) is 21.5 Å². The van der Waals surface area contributed by atoms with E-state index >= 15 is 0 Å². The van der Waals surface area contributed by atoms with Gasteiger partial charge in [0.25, 0.3) is 5.91 Å². The molecular formula is C21H25FN2O2S. The molecule has 6 heteroatoms. The van der Waals surface area contributed by atoms with Crippen molar-refractivity contribution in [2.45, 2.75) is 12.3 Å². The summed E-state index contributed by atoms with van der Waals surface area (Å²) in [5, 5.41) is 2.94. The number of morpholine rings is 1. The number of hydrogen-bond acceptors (Lipinski definition) is 4. The van der Waals surface area contributed by atoms with Crippen LogP contribution in [0.4, 0.5) is 4.39 Å². The second-order valence-electron chi connectivity index (χ2n) is 6.49. The molecule has 0 spiro atoms. The molecule has 27 heavy (non-hydrogen) atoms. The summed E-state index contributed by atoms with van der Waals surface area (Å²) in [4.78, 5) is 14.7. The van der Waals surface area contributed by atoms with Gasteiger partial charge in [0.05, 0.1) is 13.2 Å². The predicted octanol–water partition coefficient (Wildman–Crippen LogP) is 3.32. The Bertz CT molecular complexity index is 750. The fourth-order valence-corrected chi connectivity index (χ4v) is 3.81. The zero-order valence-electron chi connectivity index (χ0n) is 15.3. The summed E-state index contributed by atoms with van der Waals surface area (Å²) in [6.45, 7) is 4.79. The molecule has 4 nitrogen and oxygen atoms in total. The Hall–Kier alpha value is -1.89. The normalized spacial score (nSPS) is 14.9. The second kappa shape index (κ2) is 10.4. The van der Waals surface area contributed by atoms with E-state index in [1.807, 2.05) is 24.3 Å². The van der Waals surface area contributed by atoms with Crippen molar-refractivity contribution >= 4 is 17.7 Å². The first-order chi connectivity index (χ1) is 13.2. The third-order valence-corrected chi connectivity index (χ3v) is 5.45. The summed E-state index contributed by atoms with van der Waals surface area (Å²) in [6.07, 6.45) is 0. The standard InChI is InChI=1S/C21H25FN2O2S/c22-20-7-2-1-5-19(20)16-27-13-8-23-21(25)18-6-3-4-17(14-18)15-24-9-11-26-12-10-24/h1-7,14H,8-13,15-16H2,(H,23,25). The summed E-state index contributed by atoms with van der Waals surface area (Å²) in [5.41, 5.74) is 2.52. The fourth-order valence-electron chi connectivity index (χ4n) is 2.96. The fraction of sp³-hybridized carbons (Fsp3) is 0.381. The van der Waals surface area contributed by atoms with Gasteiger partial charge < -0.3 is 10.1 Å². The zero-order valence-corrected chi connectivity index (χ0v) is 16.1. The van der Waals surface area contributed by atoms with Gasteiger partial charge in [0, 0.05) is 43.2 Å². The average molecular weight is 389 g/mol. The molecule has 0 atom stereocenters. The summed E-state index contributed by atoms with van der Waals surface area (Å²) in [6, 6.07) is 14.6. The van der Waals surface area contributed by atoms with Crippen LogP contribution in [0.3, 0.4) is 0 Å². The van der Waals surface area contributed by atoms with Gasteiger partial charge in [0.1, 0.15) is 5.82 Å². The SMILES string of the molecule is O=C(NCCSCc1ccccc1F)c1cccc(CN2CCOCC2)c1. The molecule has 1 amide bonds. The molecule has 144 valence electrons. The maximum Gasteiger partial charge on any atom is 0.251 e. The molecule has 0 bridgehead atoms. The Morgan fingerprint density at radius 1 is 1.15 bits per heavy atom. The van der Waals surface area contributed by atoms with Crippen molar-refractivity contribution in [3.63, 3.8) is 0 Å². The first-order valence-corrected chi connectivity index (χ1v) is 10.4. The van der Waals surface area contributed by atoms with Crippen LogP contribution < -0.4 is 5.32 Å². The van der Waals surface area contributed by atoms with E-state index in [0.717, 1.165) is 44.2 Å². The molecule has 0 aromatic heterocycles. The maximum absolute atomic E-state index is 13.6. The van der Waals surface area contributed by atoms with Gasteiger partial charge >= 0.3 is 0 Å². The van der Waals surface area contributed by atoms with E-state index in [-0.39, 0.29) is 11.7 Å². The van der Waals surface area contributed by atoms with Gasteiger partial charge in [-0.3, -0.25) is 9.69 Å². The molecule has 1 aliphatic rings. The van der Waals surface area contributed by atoms with Crippen LogP contribution in [0.5, 0.6) is 0 Å². The molecule has 1 saturated heterocycles. The molecule has 2 aromatic rings. The lowest BCUT2D eigenvalue weighted by molar-refractivity contribution is 0.0342. The number of hydrogen-bond donors (Lipinski definition) is 1. The first kappa shape index (κ1) is 19.9. The zero-order chi connectivity index (χ0) is 18.9. The van der Waals surface area contributed by atoms with Crippen molar-refractivity contribution in [3.8, 4) is 0 Å². The average Bonchev–Trinajstić information content (AvgIpc) is 2.70. The minimum atomic E-state index is -0.175. The van der Waals surface area contributed by atoms with E-state index in [1.165, 1.54) is 6.07 Å². The van der Waals surface area contributed by atoms with Crippen LogP contribution in [0.25, 0.3) is 0 Å². The molecule has 1 heterocycles. The van der Waals surface area contributed by atoms with Gasteiger partial charge in [-0.15, -0.1) is 0 Å². The highest BCUT2D eigenvalue weighted by atomic mass is 32.2. The van der Waals surface area contributed by atoms with E-state index in [0.29, 0.717) is 23.4 Å². The molecule has 2 aromatic carbocycles. The van der Waals surface area contributed by atoms with Crippen molar-refractivity contribution in [1.82, 2.24) is 10.2 Å². The van der Waals surface area contributed by atoms with E-state index in [1.54, 1.807) is 23.9 Å². The van der Waals surface area contributed by atoms with Crippen LogP contribution in [-0.2, 0) is 17.0 Å². The molecule has 3 rings (SSSR count). The molecular weight excluding hydrogens is 363 g/mol. The highest BCUT2D eigenvalue weighted by Gasteiger charge is 2.12. The molecule has 0 saturated carbocycles. The monoisotopic (exact) mass is 388 g/mol. The van der Waals surface area contributed by atoms with Crippen molar-refractivity contribution in [3.05, 3.63) is 71.0 Å². The van der Waals surface area contributed by atoms with E-state index in [4.69, 9.17) is 4.74 Å². The quantitative estimate of drug-likeness (QED) is 0.705. The highest BCUT2D eigenvalue weighted by Crippen LogP contribution is 2.15. The van der Waals surface area contributed by atoms with Gasteiger partial charge in [0.2, 0.25) is 0 Å². The maximum atomic E-state index is 13.6. The van der Waals surface area contributed by atoms with Crippen molar-refractivity contribution in [1.29, 1.82) is 0 Å². The van der Waals surface area contributed by atoms with Crippen LogP contribution in [0.2, 0.25) is 0 Å². The Morgan fingerprint density at radius 3 is 2.78 bits per heavy atom. The lowest BCUT2D eigenvalue weighted by atomic mass is 10.1. The number of nitrogens with zero attached hydrogens (tertiary/aromatic N) is 1. The summed E-state index contributed by atoms with van der Waals surface area (Å²) < 4.78 is 18.9. The second-order valence-corrected chi connectivity index (χ2v) is 7.59. The number of thioether (sulfide) groups is 1. The first-order valence-electron chi connectivity index (χ1n) is 9.21. The molecule has 1 aliphatic heterocycles. The summed E-state index contributed by atoms with van der Waals surface area (Å²) in [5.74, 6) is 1.11. The number of nitrogens with one attached hydrogen (secondary N) is 1. The molecule has 0 radical (unpaired) electrons. The predicted molar refractivity (Wildman–Crippen MR) is 107 cm³/mol. The number of amides is 1. The molecule has 1 N–H and O–H groups in total. The number of benzene rings is 2. The van der Waals surface area contributed by atoms with Crippen LogP contribution in [-0.4, -0.2) is 49.4 Å². The number of halogens is 1. The van der Waals surface area contributed by atoms with Crippen LogP contribution >= 0.6 is 11.8 Å². The Morgan fingerprint density at radius 2 is 1.96 bits per heavy atom. The summed E-state index contributed by atoms with van der Waals surface area (Å²) in [7, 11) is 0. The van der Waals surface area contributed by atoms with E-state index < -0.39 is 0 Å². The van der Waals surface area contributed by atoms with Gasteiger partial charge in [-0.1, -0.05) is 30.3 Å². The minimum Gasteiger partial charge on any atom is -0.379 e. The van der Waals surface area contributed by atoms with Gasteiger partial charge in [-0.2, -0.15) is 11.8 Å². The van der Waals surface area contributed by atoms with Gasteiger partial charge in [0.15, 0.2) is 0 Å². The summed E-state index contributed by atoms with van der Waals surface area (Å²) >= 11 is 1.61. The number of carbonyl (C=O) groups excluding carboxylic acids is 1. The number of rotatable bonds is 8. The number of carbonyl (C=O) groups is 1. The van der Waals surface area contributed by atoms with Gasteiger partial charge in [-0.25, -0.2) is 4.39 Å².